The van der Waals surface area contributed by atoms with Crippen molar-refractivity contribution >= 4 is 5.97 Å². The van der Waals surface area contributed by atoms with E-state index < -0.39 is 35.8 Å². The minimum absolute atomic E-state index is 0.751. The predicted octanol–water partition coefficient (Wildman–Crippen LogP) is -1.02. The summed E-state index contributed by atoms with van der Waals surface area (Å²) in [6.07, 6.45) is -4.01. The van der Waals surface area contributed by atoms with Gasteiger partial charge in [0.05, 0.1) is 6.10 Å². The van der Waals surface area contributed by atoms with Crippen LogP contribution in [0.5, 0.6) is 0 Å². The molecule has 0 spiro atoms. The van der Waals surface area contributed by atoms with Crippen LogP contribution in [-0.4, -0.2) is 44.7 Å². The number of aliphatic hydroxyl groups is 4. The molecule has 6 heteroatoms. The van der Waals surface area contributed by atoms with Crippen molar-refractivity contribution in [3.05, 3.63) is 11.5 Å². The van der Waals surface area contributed by atoms with Crippen molar-refractivity contribution < 1.29 is 30.0 Å². The maximum Gasteiger partial charge on any atom is 0.377 e. The van der Waals surface area contributed by atoms with Crippen LogP contribution in [0.25, 0.3) is 0 Å². The van der Waals surface area contributed by atoms with Gasteiger partial charge in [-0.3, -0.25) is 0 Å². The number of carbonyl (C=O) groups excluding carboxylic acids is 1. The van der Waals surface area contributed by atoms with E-state index in [2.05, 4.69) is 4.74 Å². The first-order valence-corrected chi connectivity index (χ1v) is 3.64. The van der Waals surface area contributed by atoms with Crippen LogP contribution in [0.3, 0.4) is 0 Å². The summed E-state index contributed by atoms with van der Waals surface area (Å²) < 4.78 is 4.39. The summed E-state index contributed by atoms with van der Waals surface area (Å²) in [5.74, 6) is -2.79. The zero-order chi connectivity index (χ0) is 10.2. The highest BCUT2D eigenvalue weighted by molar-refractivity contribution is 5.89. The van der Waals surface area contributed by atoms with Gasteiger partial charge in [0.25, 0.3) is 0 Å². The predicted molar refractivity (Wildman–Crippen MR) is 39.9 cm³/mol. The Hall–Kier alpha value is -1.27. The monoisotopic (exact) mass is 190 g/mol. The van der Waals surface area contributed by atoms with Crippen molar-refractivity contribution in [3.63, 3.8) is 0 Å². The molecule has 0 aromatic rings. The number of cyclic esters (lactones) is 1. The van der Waals surface area contributed by atoms with Gasteiger partial charge < -0.3 is 25.2 Å². The van der Waals surface area contributed by atoms with Gasteiger partial charge in [0.2, 0.25) is 5.76 Å². The van der Waals surface area contributed by atoms with Gasteiger partial charge in [-0.25, -0.2) is 4.79 Å². The van der Waals surface area contributed by atoms with E-state index in [9.17, 15) is 9.90 Å². The van der Waals surface area contributed by atoms with Gasteiger partial charge in [0, 0.05) is 0 Å². The van der Waals surface area contributed by atoms with Gasteiger partial charge >= 0.3 is 5.97 Å². The van der Waals surface area contributed by atoms with Crippen LogP contribution in [0.15, 0.2) is 11.5 Å². The minimum Gasteiger partial charge on any atom is -0.505 e. The second kappa shape index (κ2) is 3.23. The third-order valence-electron chi connectivity index (χ3n) is 1.74. The third kappa shape index (κ3) is 1.58. The molecule has 1 aliphatic rings. The summed E-state index contributed by atoms with van der Waals surface area (Å²) >= 11 is 0. The van der Waals surface area contributed by atoms with Gasteiger partial charge in [0.1, 0.15) is 6.10 Å². The zero-order valence-corrected chi connectivity index (χ0v) is 6.84. The first-order chi connectivity index (χ1) is 5.95. The van der Waals surface area contributed by atoms with E-state index in [4.69, 9.17) is 15.3 Å². The molecule has 1 aliphatic heterocycles. The summed E-state index contributed by atoms with van der Waals surface area (Å²) in [5.41, 5.74) is 0. The van der Waals surface area contributed by atoms with Crippen LogP contribution in [0.2, 0.25) is 0 Å². The van der Waals surface area contributed by atoms with E-state index in [1.54, 1.807) is 0 Å². The molecule has 0 saturated heterocycles. The lowest BCUT2D eigenvalue weighted by atomic mass is 10.1. The number of hydrogen-bond donors (Lipinski definition) is 4. The Balaban J connectivity index is 2.82. The minimum atomic E-state index is -1.45. The first-order valence-electron chi connectivity index (χ1n) is 3.64. The standard InChI is InChI=1S/C7H10O6/c1-2(8)3(9)6-4(10)5(11)7(12)13-6/h2-3,6,8-11H,1H3. The highest BCUT2D eigenvalue weighted by atomic mass is 16.6. The molecule has 6 nitrogen and oxygen atoms in total. The van der Waals surface area contributed by atoms with Crippen molar-refractivity contribution in [2.24, 2.45) is 0 Å². The fourth-order valence-corrected chi connectivity index (χ4v) is 0.951. The van der Waals surface area contributed by atoms with Crippen LogP contribution in [-0.2, 0) is 9.53 Å². The average molecular weight is 190 g/mol. The molecular weight excluding hydrogens is 180 g/mol. The largest absolute Gasteiger partial charge is 0.505 e. The maximum atomic E-state index is 10.6. The quantitative estimate of drug-likeness (QED) is 0.415. The number of ether oxygens (including phenoxy) is 1. The molecule has 1 heterocycles. The Labute approximate surface area is 73.7 Å². The average Bonchev–Trinajstić information content (AvgIpc) is 2.31. The van der Waals surface area contributed by atoms with Crippen molar-refractivity contribution in [2.75, 3.05) is 0 Å². The molecular formula is C7H10O6. The second-order valence-electron chi connectivity index (χ2n) is 2.79. The fourth-order valence-electron chi connectivity index (χ4n) is 0.951. The first kappa shape index (κ1) is 9.82. The molecule has 0 bridgehead atoms. The number of aliphatic hydroxyl groups excluding tert-OH is 4. The highest BCUT2D eigenvalue weighted by Gasteiger charge is 2.40. The Morgan fingerprint density at radius 1 is 1.38 bits per heavy atom. The number of rotatable bonds is 2. The molecule has 3 unspecified atom stereocenters. The molecule has 0 radical (unpaired) electrons. The van der Waals surface area contributed by atoms with Crippen LogP contribution in [0, 0.1) is 0 Å². The van der Waals surface area contributed by atoms with E-state index >= 15 is 0 Å². The molecule has 0 saturated carbocycles. The van der Waals surface area contributed by atoms with Gasteiger partial charge in [0.15, 0.2) is 11.9 Å². The zero-order valence-electron chi connectivity index (χ0n) is 6.84. The molecule has 74 valence electrons. The van der Waals surface area contributed by atoms with Crippen molar-refractivity contribution in [1.29, 1.82) is 0 Å². The molecule has 13 heavy (non-hydrogen) atoms. The molecule has 0 aromatic carbocycles. The van der Waals surface area contributed by atoms with Crippen LogP contribution in [0.4, 0.5) is 0 Å². The topological polar surface area (TPSA) is 107 Å². The van der Waals surface area contributed by atoms with Crippen LogP contribution < -0.4 is 0 Å². The molecule has 3 atom stereocenters. The molecule has 4 N–H and O–H groups in total. The Morgan fingerprint density at radius 3 is 2.23 bits per heavy atom. The van der Waals surface area contributed by atoms with E-state index in [0.29, 0.717) is 0 Å². The van der Waals surface area contributed by atoms with E-state index in [1.807, 2.05) is 0 Å². The van der Waals surface area contributed by atoms with Crippen LogP contribution in [0.1, 0.15) is 6.92 Å². The molecule has 0 fully saturated rings. The number of hydrogen-bond acceptors (Lipinski definition) is 6. The highest BCUT2D eigenvalue weighted by Crippen LogP contribution is 2.22. The summed E-state index contributed by atoms with van der Waals surface area (Å²) in [6.45, 7) is 1.27. The van der Waals surface area contributed by atoms with Crippen molar-refractivity contribution in [2.45, 2.75) is 25.2 Å². The Bertz CT molecular complexity index is 256. The normalized spacial score (nSPS) is 27.3. The maximum absolute atomic E-state index is 10.6. The van der Waals surface area contributed by atoms with E-state index in [1.165, 1.54) is 6.92 Å². The van der Waals surface area contributed by atoms with Gasteiger partial charge in [-0.2, -0.15) is 0 Å². The summed E-state index contributed by atoms with van der Waals surface area (Å²) in [7, 11) is 0. The molecule has 0 amide bonds. The van der Waals surface area contributed by atoms with Crippen molar-refractivity contribution in [3.8, 4) is 0 Å². The number of carbonyl (C=O) groups is 1. The lowest BCUT2D eigenvalue weighted by Gasteiger charge is -2.19. The Morgan fingerprint density at radius 2 is 1.92 bits per heavy atom. The SMILES string of the molecule is CC(O)C(O)C1OC(=O)C(O)=C1O. The summed E-state index contributed by atoms with van der Waals surface area (Å²) in [4.78, 5) is 10.6. The second-order valence-corrected chi connectivity index (χ2v) is 2.79. The summed E-state index contributed by atoms with van der Waals surface area (Å²) in [6, 6.07) is 0. The fraction of sp³-hybridized carbons (Fsp3) is 0.571. The summed E-state index contributed by atoms with van der Waals surface area (Å²) in [5, 5.41) is 36.0. The third-order valence-corrected chi connectivity index (χ3v) is 1.74. The van der Waals surface area contributed by atoms with Gasteiger partial charge in [-0.1, -0.05) is 0 Å². The van der Waals surface area contributed by atoms with E-state index in [-0.39, 0.29) is 0 Å². The smallest absolute Gasteiger partial charge is 0.377 e. The van der Waals surface area contributed by atoms with Gasteiger partial charge in [-0.15, -0.1) is 0 Å². The van der Waals surface area contributed by atoms with Crippen molar-refractivity contribution in [1.82, 2.24) is 0 Å². The lowest BCUT2D eigenvalue weighted by Crippen LogP contribution is -2.37. The lowest BCUT2D eigenvalue weighted by molar-refractivity contribution is -0.149. The van der Waals surface area contributed by atoms with Crippen LogP contribution >= 0.6 is 0 Å². The molecule has 0 aromatic heterocycles. The molecule has 0 aliphatic carbocycles. The van der Waals surface area contributed by atoms with E-state index in [0.717, 1.165) is 0 Å². The van der Waals surface area contributed by atoms with Gasteiger partial charge in [-0.05, 0) is 6.92 Å². The number of esters is 1. The Kier molecular flexibility index (Phi) is 2.44. The molecule has 1 rings (SSSR count).